The molecule has 8 heteroatoms. The van der Waals surface area contributed by atoms with Gasteiger partial charge in [0.2, 0.25) is 10.0 Å². The van der Waals surface area contributed by atoms with Gasteiger partial charge in [-0.25, -0.2) is 18.1 Å². The summed E-state index contributed by atoms with van der Waals surface area (Å²) in [7, 11) is -0.294. The summed E-state index contributed by atoms with van der Waals surface area (Å²) in [5.41, 5.74) is 6.07. The number of methoxy groups -OCH3 is 1. The van der Waals surface area contributed by atoms with Crippen LogP contribution in [0.15, 0.2) is 35.5 Å². The zero-order chi connectivity index (χ0) is 15.5. The minimum atomic E-state index is -3.60. The summed E-state index contributed by atoms with van der Waals surface area (Å²) in [6.45, 7) is 0.264. The summed E-state index contributed by atoms with van der Waals surface area (Å²) in [5, 5.41) is 0. The third kappa shape index (κ3) is 3.53. The predicted molar refractivity (Wildman–Crippen MR) is 79.5 cm³/mol. The van der Waals surface area contributed by atoms with Crippen LogP contribution in [0, 0.1) is 0 Å². The van der Waals surface area contributed by atoms with E-state index in [4.69, 9.17) is 10.5 Å². The fraction of sp³-hybridized carbons (Fsp3) is 0.308. The Bertz CT molecular complexity index is 725. The lowest BCUT2D eigenvalue weighted by Gasteiger charge is -2.09. The van der Waals surface area contributed by atoms with Crippen LogP contribution in [0.4, 0.5) is 5.69 Å². The molecule has 0 unspecified atom stereocenters. The Labute approximate surface area is 123 Å². The van der Waals surface area contributed by atoms with Crippen LogP contribution in [0.1, 0.15) is 5.82 Å². The Hall–Kier alpha value is -2.06. The molecule has 0 aliphatic carbocycles. The van der Waals surface area contributed by atoms with Gasteiger partial charge in [0.1, 0.15) is 11.6 Å². The highest BCUT2D eigenvalue weighted by Gasteiger charge is 2.15. The number of ether oxygens (including phenoxy) is 1. The Morgan fingerprint density at radius 3 is 2.81 bits per heavy atom. The fourth-order valence-corrected chi connectivity index (χ4v) is 2.92. The topological polar surface area (TPSA) is 99.2 Å². The predicted octanol–water partition coefficient (Wildman–Crippen LogP) is 0.532. The molecule has 0 bridgehead atoms. The maximum Gasteiger partial charge on any atom is 0.240 e. The molecule has 114 valence electrons. The van der Waals surface area contributed by atoms with E-state index in [1.54, 1.807) is 6.20 Å². The first kappa shape index (κ1) is 15.3. The highest BCUT2D eigenvalue weighted by molar-refractivity contribution is 7.89. The van der Waals surface area contributed by atoms with E-state index >= 15 is 0 Å². The van der Waals surface area contributed by atoms with Crippen molar-refractivity contribution in [3.05, 3.63) is 36.4 Å². The number of imidazole rings is 1. The van der Waals surface area contributed by atoms with Gasteiger partial charge in [-0.3, -0.25) is 0 Å². The second-order valence-corrected chi connectivity index (χ2v) is 6.27. The first-order valence-corrected chi connectivity index (χ1v) is 7.82. The summed E-state index contributed by atoms with van der Waals surface area (Å²) in [6, 6.07) is 4.35. The Morgan fingerprint density at radius 1 is 1.43 bits per heavy atom. The normalized spacial score (nSPS) is 11.5. The molecule has 0 atom stereocenters. The summed E-state index contributed by atoms with van der Waals surface area (Å²) in [4.78, 5) is 4.26. The van der Waals surface area contributed by atoms with Gasteiger partial charge in [0.15, 0.2) is 0 Å². The Kier molecular flexibility index (Phi) is 4.49. The third-order valence-electron chi connectivity index (χ3n) is 3.08. The van der Waals surface area contributed by atoms with Crippen LogP contribution in [0.2, 0.25) is 0 Å². The molecule has 7 nitrogen and oxygen atoms in total. The van der Waals surface area contributed by atoms with Crippen molar-refractivity contribution in [2.24, 2.45) is 7.05 Å². The van der Waals surface area contributed by atoms with Gasteiger partial charge >= 0.3 is 0 Å². The van der Waals surface area contributed by atoms with Gasteiger partial charge in [0.25, 0.3) is 0 Å². The highest BCUT2D eigenvalue weighted by atomic mass is 32.2. The van der Waals surface area contributed by atoms with Crippen molar-refractivity contribution < 1.29 is 13.2 Å². The van der Waals surface area contributed by atoms with Crippen molar-refractivity contribution in [3.8, 4) is 5.75 Å². The van der Waals surface area contributed by atoms with E-state index in [1.165, 1.54) is 25.3 Å². The molecule has 0 spiro atoms. The number of sulfonamides is 1. The monoisotopic (exact) mass is 310 g/mol. The van der Waals surface area contributed by atoms with E-state index in [0.29, 0.717) is 17.9 Å². The standard InChI is InChI=1S/C13H18N4O3S/c1-17-8-7-15-13(17)5-6-16-21(18,19)10-3-4-11(14)12(9-10)20-2/h3-4,7-9,16H,5-6,14H2,1-2H3. The number of hydrogen-bond donors (Lipinski definition) is 2. The molecule has 0 aliphatic rings. The molecule has 1 aromatic carbocycles. The number of aryl methyl sites for hydroxylation is 1. The van der Waals surface area contributed by atoms with Crippen molar-refractivity contribution in [2.75, 3.05) is 19.4 Å². The third-order valence-corrected chi connectivity index (χ3v) is 4.54. The average Bonchev–Trinajstić information content (AvgIpc) is 2.84. The number of benzene rings is 1. The molecule has 2 aromatic rings. The second-order valence-electron chi connectivity index (χ2n) is 4.51. The van der Waals surface area contributed by atoms with Gasteiger partial charge in [0, 0.05) is 38.5 Å². The number of nitrogens with two attached hydrogens (primary N) is 1. The van der Waals surface area contributed by atoms with Crippen LogP contribution in [0.5, 0.6) is 5.75 Å². The molecule has 1 aromatic heterocycles. The summed E-state index contributed by atoms with van der Waals surface area (Å²) >= 11 is 0. The number of hydrogen-bond acceptors (Lipinski definition) is 5. The molecule has 0 radical (unpaired) electrons. The summed E-state index contributed by atoms with van der Waals surface area (Å²) in [6.07, 6.45) is 4.00. The number of aromatic nitrogens is 2. The van der Waals surface area contributed by atoms with E-state index in [1.807, 2.05) is 17.8 Å². The maximum atomic E-state index is 12.2. The molecule has 0 fully saturated rings. The minimum absolute atomic E-state index is 0.119. The fourth-order valence-electron chi connectivity index (χ4n) is 1.88. The molecule has 0 amide bonds. The summed E-state index contributed by atoms with van der Waals surface area (Å²) < 4.78 is 33.8. The molecule has 2 rings (SSSR count). The van der Waals surface area contributed by atoms with Crippen molar-refractivity contribution in [2.45, 2.75) is 11.3 Å². The van der Waals surface area contributed by atoms with Crippen molar-refractivity contribution in [3.63, 3.8) is 0 Å². The van der Waals surface area contributed by atoms with Crippen LogP contribution >= 0.6 is 0 Å². The zero-order valence-corrected chi connectivity index (χ0v) is 12.7. The van der Waals surface area contributed by atoms with Crippen LogP contribution < -0.4 is 15.2 Å². The van der Waals surface area contributed by atoms with E-state index < -0.39 is 10.0 Å². The van der Waals surface area contributed by atoms with Crippen LogP contribution in [0.3, 0.4) is 0 Å². The lowest BCUT2D eigenvalue weighted by Crippen LogP contribution is -2.26. The molecule has 0 saturated carbocycles. The number of nitrogen functional groups attached to an aromatic ring is 1. The lowest BCUT2D eigenvalue weighted by atomic mass is 10.3. The van der Waals surface area contributed by atoms with Gasteiger partial charge in [-0.05, 0) is 12.1 Å². The highest BCUT2D eigenvalue weighted by Crippen LogP contribution is 2.24. The first-order chi connectivity index (χ1) is 9.94. The molecule has 3 N–H and O–H groups in total. The number of nitrogens with one attached hydrogen (secondary N) is 1. The van der Waals surface area contributed by atoms with Gasteiger partial charge in [-0.1, -0.05) is 0 Å². The van der Waals surface area contributed by atoms with E-state index in [9.17, 15) is 8.42 Å². The quantitative estimate of drug-likeness (QED) is 0.758. The largest absolute Gasteiger partial charge is 0.495 e. The smallest absolute Gasteiger partial charge is 0.240 e. The number of anilines is 1. The van der Waals surface area contributed by atoms with E-state index in [0.717, 1.165) is 5.82 Å². The average molecular weight is 310 g/mol. The van der Waals surface area contributed by atoms with Gasteiger partial charge < -0.3 is 15.0 Å². The van der Waals surface area contributed by atoms with Gasteiger partial charge in [0.05, 0.1) is 17.7 Å². The molecule has 1 heterocycles. The summed E-state index contributed by atoms with van der Waals surface area (Å²) in [5.74, 6) is 1.15. The Balaban J connectivity index is 2.06. The number of rotatable bonds is 6. The van der Waals surface area contributed by atoms with Crippen molar-refractivity contribution >= 4 is 15.7 Å². The van der Waals surface area contributed by atoms with Crippen molar-refractivity contribution in [1.29, 1.82) is 0 Å². The second kappa shape index (κ2) is 6.15. The molecule has 0 saturated heterocycles. The molecular formula is C13H18N4O3S. The zero-order valence-electron chi connectivity index (χ0n) is 11.9. The van der Waals surface area contributed by atoms with Crippen LogP contribution in [-0.2, 0) is 23.5 Å². The SMILES string of the molecule is COc1cc(S(=O)(=O)NCCc2nccn2C)ccc1N. The van der Waals surface area contributed by atoms with Gasteiger partial charge in [-0.2, -0.15) is 0 Å². The maximum absolute atomic E-state index is 12.2. The molecule has 21 heavy (non-hydrogen) atoms. The van der Waals surface area contributed by atoms with Gasteiger partial charge in [-0.15, -0.1) is 0 Å². The lowest BCUT2D eigenvalue weighted by molar-refractivity contribution is 0.415. The first-order valence-electron chi connectivity index (χ1n) is 6.33. The van der Waals surface area contributed by atoms with E-state index in [2.05, 4.69) is 9.71 Å². The Morgan fingerprint density at radius 2 is 2.19 bits per heavy atom. The molecular weight excluding hydrogens is 292 g/mol. The van der Waals surface area contributed by atoms with E-state index in [-0.39, 0.29) is 11.4 Å². The number of nitrogens with zero attached hydrogens (tertiary/aromatic N) is 2. The van der Waals surface area contributed by atoms with Crippen molar-refractivity contribution in [1.82, 2.24) is 14.3 Å². The molecule has 0 aliphatic heterocycles. The van der Waals surface area contributed by atoms with Crippen LogP contribution in [-0.4, -0.2) is 31.6 Å². The minimum Gasteiger partial charge on any atom is -0.495 e. The van der Waals surface area contributed by atoms with Crippen LogP contribution in [0.25, 0.3) is 0 Å².